The van der Waals surface area contributed by atoms with E-state index < -0.39 is 0 Å². The van der Waals surface area contributed by atoms with Gasteiger partial charge in [-0.05, 0) is 38.1 Å². The van der Waals surface area contributed by atoms with Crippen molar-refractivity contribution in [3.63, 3.8) is 0 Å². The molecular formula is C11H12FN. The summed E-state index contributed by atoms with van der Waals surface area (Å²) in [6, 6.07) is 7.25. The van der Waals surface area contributed by atoms with E-state index in [0.717, 1.165) is 10.9 Å². The highest BCUT2D eigenvalue weighted by Crippen LogP contribution is 2.20. The Hall–Kier alpha value is -1.31. The van der Waals surface area contributed by atoms with Crippen LogP contribution in [-0.2, 0) is 0 Å². The SMILES string of the molecule is CC(C)n1ccc2cc(F)ccc21. The minimum atomic E-state index is -0.172. The molecule has 1 aromatic carbocycles. The number of benzene rings is 1. The standard InChI is InChI=1S/C11H12FN/c1-8(2)13-6-5-9-7-10(12)3-4-11(9)13/h3-8H,1-2H3. The van der Waals surface area contributed by atoms with Gasteiger partial charge in [0.05, 0.1) is 0 Å². The van der Waals surface area contributed by atoms with Crippen LogP contribution in [0, 0.1) is 5.82 Å². The van der Waals surface area contributed by atoms with Crippen LogP contribution in [0.1, 0.15) is 19.9 Å². The molecule has 1 aromatic heterocycles. The number of hydrogen-bond donors (Lipinski definition) is 0. The molecule has 1 nitrogen and oxygen atoms in total. The van der Waals surface area contributed by atoms with Crippen molar-refractivity contribution in [2.24, 2.45) is 0 Å². The van der Waals surface area contributed by atoms with Crippen LogP contribution >= 0.6 is 0 Å². The van der Waals surface area contributed by atoms with Crippen LogP contribution in [0.4, 0.5) is 4.39 Å². The molecule has 0 saturated heterocycles. The molecule has 0 spiro atoms. The summed E-state index contributed by atoms with van der Waals surface area (Å²) < 4.78 is 15.0. The molecule has 0 aliphatic carbocycles. The summed E-state index contributed by atoms with van der Waals surface area (Å²) in [4.78, 5) is 0. The Kier molecular flexibility index (Phi) is 1.83. The summed E-state index contributed by atoms with van der Waals surface area (Å²) in [5.41, 5.74) is 1.09. The fourth-order valence-corrected chi connectivity index (χ4v) is 1.59. The maximum absolute atomic E-state index is 12.8. The smallest absolute Gasteiger partial charge is 0.123 e. The zero-order valence-corrected chi connectivity index (χ0v) is 7.79. The van der Waals surface area contributed by atoms with Crippen LogP contribution < -0.4 is 0 Å². The van der Waals surface area contributed by atoms with Gasteiger partial charge in [0, 0.05) is 23.1 Å². The molecular weight excluding hydrogens is 165 g/mol. The number of rotatable bonds is 1. The molecule has 0 saturated carbocycles. The van der Waals surface area contributed by atoms with Crippen LogP contribution in [0.3, 0.4) is 0 Å². The summed E-state index contributed by atoms with van der Waals surface area (Å²) in [6.45, 7) is 4.23. The van der Waals surface area contributed by atoms with Gasteiger partial charge in [-0.15, -0.1) is 0 Å². The largest absolute Gasteiger partial charge is 0.345 e. The average molecular weight is 177 g/mol. The molecule has 0 atom stereocenters. The van der Waals surface area contributed by atoms with E-state index in [9.17, 15) is 4.39 Å². The van der Waals surface area contributed by atoms with Crippen molar-refractivity contribution in [1.29, 1.82) is 0 Å². The third-order valence-electron chi connectivity index (χ3n) is 2.24. The van der Waals surface area contributed by atoms with Crippen LogP contribution in [0.15, 0.2) is 30.5 Å². The van der Waals surface area contributed by atoms with Crippen molar-refractivity contribution in [3.05, 3.63) is 36.3 Å². The van der Waals surface area contributed by atoms with Gasteiger partial charge < -0.3 is 4.57 Å². The van der Waals surface area contributed by atoms with Gasteiger partial charge in [0.2, 0.25) is 0 Å². The Morgan fingerprint density at radius 2 is 2.00 bits per heavy atom. The van der Waals surface area contributed by atoms with Crippen molar-refractivity contribution in [3.8, 4) is 0 Å². The van der Waals surface area contributed by atoms with Gasteiger partial charge in [0.15, 0.2) is 0 Å². The molecule has 13 heavy (non-hydrogen) atoms. The van der Waals surface area contributed by atoms with Gasteiger partial charge in [-0.25, -0.2) is 4.39 Å². The zero-order valence-electron chi connectivity index (χ0n) is 7.79. The predicted molar refractivity (Wildman–Crippen MR) is 52.3 cm³/mol. The molecule has 1 heterocycles. The molecule has 0 fully saturated rings. The summed E-state index contributed by atoms with van der Waals surface area (Å²) >= 11 is 0. The quantitative estimate of drug-likeness (QED) is 0.629. The van der Waals surface area contributed by atoms with Gasteiger partial charge in [0.1, 0.15) is 5.82 Å². The van der Waals surface area contributed by atoms with E-state index in [1.165, 1.54) is 6.07 Å². The molecule has 2 heteroatoms. The molecule has 0 amide bonds. The van der Waals surface area contributed by atoms with E-state index in [-0.39, 0.29) is 5.82 Å². The number of hydrogen-bond acceptors (Lipinski definition) is 0. The fourth-order valence-electron chi connectivity index (χ4n) is 1.59. The summed E-state index contributed by atoms with van der Waals surface area (Å²) in [7, 11) is 0. The van der Waals surface area contributed by atoms with Gasteiger partial charge >= 0.3 is 0 Å². The molecule has 2 rings (SSSR count). The topological polar surface area (TPSA) is 4.93 Å². The van der Waals surface area contributed by atoms with Crippen LogP contribution in [0.5, 0.6) is 0 Å². The molecule has 0 N–H and O–H groups in total. The molecule has 2 aromatic rings. The number of halogens is 1. The molecule has 0 aliphatic heterocycles. The Morgan fingerprint density at radius 3 is 2.69 bits per heavy atom. The second-order valence-corrected chi connectivity index (χ2v) is 3.52. The monoisotopic (exact) mass is 177 g/mol. The number of aromatic nitrogens is 1. The summed E-state index contributed by atoms with van der Waals surface area (Å²) in [5, 5.41) is 0.966. The number of nitrogens with zero attached hydrogens (tertiary/aromatic N) is 1. The van der Waals surface area contributed by atoms with E-state index in [4.69, 9.17) is 0 Å². The lowest BCUT2D eigenvalue weighted by molar-refractivity contribution is 0.618. The minimum Gasteiger partial charge on any atom is -0.345 e. The Labute approximate surface area is 76.8 Å². The van der Waals surface area contributed by atoms with Crippen LogP contribution in [0.2, 0.25) is 0 Å². The van der Waals surface area contributed by atoms with Gasteiger partial charge in [-0.1, -0.05) is 0 Å². The lowest BCUT2D eigenvalue weighted by atomic mass is 10.2. The second kappa shape index (κ2) is 2.87. The van der Waals surface area contributed by atoms with Gasteiger partial charge in [0.25, 0.3) is 0 Å². The zero-order chi connectivity index (χ0) is 9.42. The molecule has 0 aliphatic rings. The first-order valence-corrected chi connectivity index (χ1v) is 4.44. The van der Waals surface area contributed by atoms with Crippen molar-refractivity contribution >= 4 is 10.9 Å². The average Bonchev–Trinajstić information content (AvgIpc) is 2.46. The first-order chi connectivity index (χ1) is 6.18. The third-order valence-corrected chi connectivity index (χ3v) is 2.24. The van der Waals surface area contributed by atoms with Gasteiger partial charge in [-0.3, -0.25) is 0 Å². The van der Waals surface area contributed by atoms with E-state index in [2.05, 4.69) is 18.4 Å². The highest BCUT2D eigenvalue weighted by molar-refractivity contribution is 5.80. The van der Waals surface area contributed by atoms with E-state index >= 15 is 0 Å². The van der Waals surface area contributed by atoms with Crippen molar-refractivity contribution in [2.75, 3.05) is 0 Å². The normalized spacial score (nSPS) is 11.4. The first-order valence-electron chi connectivity index (χ1n) is 4.44. The Balaban J connectivity index is 2.69. The molecule has 0 radical (unpaired) electrons. The molecule has 68 valence electrons. The lowest BCUT2D eigenvalue weighted by Gasteiger charge is -2.08. The van der Waals surface area contributed by atoms with E-state index in [1.807, 2.05) is 18.3 Å². The fraction of sp³-hybridized carbons (Fsp3) is 0.273. The van der Waals surface area contributed by atoms with Crippen molar-refractivity contribution in [1.82, 2.24) is 4.57 Å². The highest BCUT2D eigenvalue weighted by atomic mass is 19.1. The summed E-state index contributed by atoms with van der Waals surface area (Å²) in [5.74, 6) is -0.172. The highest BCUT2D eigenvalue weighted by Gasteiger charge is 2.03. The Morgan fingerprint density at radius 1 is 1.23 bits per heavy atom. The van der Waals surface area contributed by atoms with Gasteiger partial charge in [-0.2, -0.15) is 0 Å². The Bertz CT molecular complexity index is 429. The van der Waals surface area contributed by atoms with E-state index in [1.54, 1.807) is 6.07 Å². The molecule has 0 bridgehead atoms. The minimum absolute atomic E-state index is 0.172. The second-order valence-electron chi connectivity index (χ2n) is 3.52. The van der Waals surface area contributed by atoms with E-state index in [0.29, 0.717) is 6.04 Å². The summed E-state index contributed by atoms with van der Waals surface area (Å²) in [6.07, 6.45) is 1.99. The van der Waals surface area contributed by atoms with Crippen LogP contribution in [0.25, 0.3) is 10.9 Å². The van der Waals surface area contributed by atoms with Crippen molar-refractivity contribution in [2.45, 2.75) is 19.9 Å². The maximum atomic E-state index is 12.8. The van der Waals surface area contributed by atoms with Crippen molar-refractivity contribution < 1.29 is 4.39 Å². The predicted octanol–water partition coefficient (Wildman–Crippen LogP) is 3.36. The first kappa shape index (κ1) is 8.30. The van der Waals surface area contributed by atoms with Crippen LogP contribution in [-0.4, -0.2) is 4.57 Å². The maximum Gasteiger partial charge on any atom is 0.123 e. The number of fused-ring (bicyclic) bond motifs is 1. The third kappa shape index (κ3) is 1.32. The molecule has 0 unspecified atom stereocenters. The lowest BCUT2D eigenvalue weighted by Crippen LogP contribution is -1.97.